The number of benzene rings is 2. The number of aromatic amines is 1. The lowest BCUT2D eigenvalue weighted by molar-refractivity contribution is -0.124. The van der Waals surface area contributed by atoms with Crippen LogP contribution in [0.2, 0.25) is 0 Å². The van der Waals surface area contributed by atoms with Crippen LogP contribution in [0.4, 0.5) is 5.69 Å². The predicted octanol–water partition coefficient (Wildman–Crippen LogP) is 3.58. The first-order valence-electron chi connectivity index (χ1n) is 11.3. The molecule has 168 valence electrons. The molecule has 2 aromatic carbocycles. The number of anilines is 1. The number of nitrogens with one attached hydrogen (secondary N) is 4. The lowest BCUT2D eigenvalue weighted by atomic mass is 10.1. The number of amides is 1. The van der Waals surface area contributed by atoms with Gasteiger partial charge in [0, 0.05) is 42.5 Å². The molecule has 0 radical (unpaired) electrons. The molecule has 4 N–H and O–H groups in total. The highest BCUT2D eigenvalue weighted by atomic mass is 16.5. The van der Waals surface area contributed by atoms with E-state index in [-0.39, 0.29) is 12.0 Å². The molecule has 7 heteroatoms. The topological polar surface area (TPSA) is 90.5 Å². The first-order valence-corrected chi connectivity index (χ1v) is 11.3. The molecule has 1 fully saturated rings. The molecule has 0 bridgehead atoms. The summed E-state index contributed by atoms with van der Waals surface area (Å²) in [5, 5.41) is 10.9. The fourth-order valence-electron chi connectivity index (χ4n) is 3.92. The zero-order chi connectivity index (χ0) is 22.2. The smallest absolute Gasteiger partial charge is 0.253 e. The monoisotopic (exact) mass is 433 g/mol. The molecule has 3 aromatic rings. The summed E-state index contributed by atoms with van der Waals surface area (Å²) >= 11 is 0. The number of carbonyl (C=O) groups is 1. The molecule has 7 nitrogen and oxygen atoms in total. The van der Waals surface area contributed by atoms with Gasteiger partial charge < -0.3 is 25.7 Å². The fourth-order valence-corrected chi connectivity index (χ4v) is 3.92. The Kier molecular flexibility index (Phi) is 7.40. The van der Waals surface area contributed by atoms with Gasteiger partial charge in [0.15, 0.2) is 5.96 Å². The number of aromatic nitrogens is 1. The van der Waals surface area contributed by atoms with E-state index in [1.165, 1.54) is 10.9 Å². The van der Waals surface area contributed by atoms with E-state index in [1.807, 2.05) is 30.3 Å². The number of rotatable bonds is 8. The SMILES string of the molecule is CCNC(=NCc1cccc(NC(=O)C2CCCO2)c1)NCCc1c[nH]c2ccccc12. The summed E-state index contributed by atoms with van der Waals surface area (Å²) in [6.07, 6.45) is 4.37. The quantitative estimate of drug-likeness (QED) is 0.323. The zero-order valence-corrected chi connectivity index (χ0v) is 18.5. The number of hydrogen-bond acceptors (Lipinski definition) is 3. The second-order valence-corrected chi connectivity index (χ2v) is 7.92. The Morgan fingerprint density at radius 1 is 1.19 bits per heavy atom. The van der Waals surface area contributed by atoms with Gasteiger partial charge in [0.2, 0.25) is 0 Å². The predicted molar refractivity (Wildman–Crippen MR) is 129 cm³/mol. The molecule has 1 saturated heterocycles. The van der Waals surface area contributed by atoms with Crippen molar-refractivity contribution in [2.75, 3.05) is 25.0 Å². The van der Waals surface area contributed by atoms with Crippen molar-refractivity contribution >= 4 is 28.5 Å². The minimum atomic E-state index is -0.335. The standard InChI is InChI=1S/C25H31N5O2/c1-2-26-25(27-13-12-19-17-28-22-10-4-3-9-21(19)22)29-16-18-7-5-8-20(15-18)30-24(31)23-11-6-14-32-23/h3-5,7-10,15,17,23,28H,2,6,11-14,16H2,1H3,(H,30,31)(H2,26,27,29). The molecule has 1 aromatic heterocycles. The summed E-state index contributed by atoms with van der Waals surface area (Å²) in [6.45, 7) is 4.80. The van der Waals surface area contributed by atoms with Crippen molar-refractivity contribution in [2.45, 2.75) is 38.8 Å². The number of guanidine groups is 1. The molecule has 32 heavy (non-hydrogen) atoms. The van der Waals surface area contributed by atoms with Crippen LogP contribution in [-0.2, 0) is 22.5 Å². The normalized spacial score (nSPS) is 16.3. The molecule has 0 spiro atoms. The van der Waals surface area contributed by atoms with Crippen LogP contribution < -0.4 is 16.0 Å². The molecular formula is C25H31N5O2. The van der Waals surface area contributed by atoms with E-state index in [1.54, 1.807) is 0 Å². The van der Waals surface area contributed by atoms with Gasteiger partial charge in [0.05, 0.1) is 6.54 Å². The van der Waals surface area contributed by atoms with Crippen LogP contribution in [-0.4, -0.2) is 42.7 Å². The van der Waals surface area contributed by atoms with Crippen LogP contribution in [0.1, 0.15) is 30.9 Å². The maximum atomic E-state index is 12.3. The lowest BCUT2D eigenvalue weighted by Gasteiger charge is -2.12. The van der Waals surface area contributed by atoms with E-state index in [4.69, 9.17) is 9.73 Å². The number of carbonyl (C=O) groups excluding carboxylic acids is 1. The van der Waals surface area contributed by atoms with E-state index in [0.717, 1.165) is 55.1 Å². The maximum absolute atomic E-state index is 12.3. The molecule has 1 unspecified atom stereocenters. The number of nitrogens with zero attached hydrogens (tertiary/aromatic N) is 1. The Labute approximate surface area is 188 Å². The molecular weight excluding hydrogens is 402 g/mol. The van der Waals surface area contributed by atoms with Crippen molar-refractivity contribution in [1.82, 2.24) is 15.6 Å². The molecule has 1 aliphatic rings. The zero-order valence-electron chi connectivity index (χ0n) is 18.5. The number of ether oxygens (including phenoxy) is 1. The minimum absolute atomic E-state index is 0.0737. The number of aliphatic imine (C=N–C) groups is 1. The van der Waals surface area contributed by atoms with Gasteiger partial charge in [-0.1, -0.05) is 30.3 Å². The molecule has 1 aliphatic heterocycles. The van der Waals surface area contributed by atoms with Crippen molar-refractivity contribution in [2.24, 2.45) is 4.99 Å². The Morgan fingerprint density at radius 3 is 2.94 bits per heavy atom. The maximum Gasteiger partial charge on any atom is 0.253 e. The highest BCUT2D eigenvalue weighted by Crippen LogP contribution is 2.18. The van der Waals surface area contributed by atoms with Crippen molar-refractivity contribution in [3.05, 3.63) is 65.9 Å². The summed E-state index contributed by atoms with van der Waals surface area (Å²) in [5.74, 6) is 0.705. The highest BCUT2D eigenvalue weighted by molar-refractivity contribution is 5.94. The summed E-state index contributed by atoms with van der Waals surface area (Å²) in [7, 11) is 0. The van der Waals surface area contributed by atoms with Crippen molar-refractivity contribution in [1.29, 1.82) is 0 Å². The third-order valence-electron chi connectivity index (χ3n) is 5.54. The van der Waals surface area contributed by atoms with Crippen molar-refractivity contribution in [3.63, 3.8) is 0 Å². The average molecular weight is 434 g/mol. The first-order chi connectivity index (χ1) is 15.7. The minimum Gasteiger partial charge on any atom is -0.368 e. The largest absolute Gasteiger partial charge is 0.368 e. The Morgan fingerprint density at radius 2 is 2.09 bits per heavy atom. The van der Waals surface area contributed by atoms with E-state index in [0.29, 0.717) is 13.2 Å². The second-order valence-electron chi connectivity index (χ2n) is 7.92. The Balaban J connectivity index is 1.32. The van der Waals surface area contributed by atoms with Crippen LogP contribution in [0.5, 0.6) is 0 Å². The van der Waals surface area contributed by atoms with E-state index >= 15 is 0 Å². The van der Waals surface area contributed by atoms with Gasteiger partial charge in [-0.15, -0.1) is 0 Å². The fraction of sp³-hybridized carbons (Fsp3) is 0.360. The van der Waals surface area contributed by atoms with Gasteiger partial charge >= 0.3 is 0 Å². The molecule has 1 amide bonds. The van der Waals surface area contributed by atoms with Crippen LogP contribution in [0.25, 0.3) is 10.9 Å². The van der Waals surface area contributed by atoms with Gasteiger partial charge in [-0.2, -0.15) is 0 Å². The Hall–Kier alpha value is -3.32. The van der Waals surface area contributed by atoms with Gasteiger partial charge in [-0.3, -0.25) is 4.79 Å². The summed E-state index contributed by atoms with van der Waals surface area (Å²) in [4.78, 5) is 20.3. The van der Waals surface area contributed by atoms with Crippen LogP contribution in [0.15, 0.2) is 59.7 Å². The van der Waals surface area contributed by atoms with E-state index < -0.39 is 0 Å². The highest BCUT2D eigenvalue weighted by Gasteiger charge is 2.23. The van der Waals surface area contributed by atoms with Crippen LogP contribution >= 0.6 is 0 Å². The van der Waals surface area contributed by atoms with E-state index in [2.05, 4.69) is 52.3 Å². The second kappa shape index (κ2) is 10.8. The molecule has 0 saturated carbocycles. The number of para-hydroxylation sites is 1. The van der Waals surface area contributed by atoms with Gasteiger partial charge in [0.1, 0.15) is 6.10 Å². The van der Waals surface area contributed by atoms with Gasteiger partial charge in [0.25, 0.3) is 5.91 Å². The van der Waals surface area contributed by atoms with Crippen LogP contribution in [0.3, 0.4) is 0 Å². The summed E-state index contributed by atoms with van der Waals surface area (Å²) in [5.41, 5.74) is 4.26. The lowest BCUT2D eigenvalue weighted by Crippen LogP contribution is -2.38. The molecule has 4 rings (SSSR count). The van der Waals surface area contributed by atoms with Gasteiger partial charge in [-0.05, 0) is 55.5 Å². The third kappa shape index (κ3) is 5.68. The number of fused-ring (bicyclic) bond motifs is 1. The Bertz CT molecular complexity index is 1070. The van der Waals surface area contributed by atoms with Gasteiger partial charge in [-0.25, -0.2) is 4.99 Å². The molecule has 2 heterocycles. The number of H-pyrrole nitrogens is 1. The third-order valence-corrected chi connectivity index (χ3v) is 5.54. The first kappa shape index (κ1) is 21.9. The van der Waals surface area contributed by atoms with Crippen molar-refractivity contribution in [3.8, 4) is 0 Å². The van der Waals surface area contributed by atoms with Crippen molar-refractivity contribution < 1.29 is 9.53 Å². The molecule has 0 aliphatic carbocycles. The molecule has 1 atom stereocenters. The van der Waals surface area contributed by atoms with E-state index in [9.17, 15) is 4.79 Å². The van der Waals surface area contributed by atoms with Crippen LogP contribution in [0, 0.1) is 0 Å². The average Bonchev–Trinajstić information content (AvgIpc) is 3.48. The summed E-state index contributed by atoms with van der Waals surface area (Å²) < 4.78 is 5.46. The number of hydrogen-bond donors (Lipinski definition) is 4. The summed E-state index contributed by atoms with van der Waals surface area (Å²) in [6, 6.07) is 16.2.